The number of likely N-dealkylation sites (N-methyl/N-ethyl adjacent to an activating group) is 1. The Labute approximate surface area is 459 Å². The highest BCUT2D eigenvalue weighted by Gasteiger charge is 2.61. The van der Waals surface area contributed by atoms with E-state index in [2.05, 4.69) is 5.32 Å². The fourth-order valence-electron chi connectivity index (χ4n) is 12.8. The van der Waals surface area contributed by atoms with Crippen LogP contribution >= 0.6 is 0 Å². The lowest BCUT2D eigenvalue weighted by molar-refractivity contribution is -0.336. The molecule has 0 radical (unpaired) electrons. The molecule has 1 aliphatic carbocycles. The van der Waals surface area contributed by atoms with Crippen molar-refractivity contribution >= 4 is 33.0 Å². The van der Waals surface area contributed by atoms with E-state index in [4.69, 9.17) is 42.1 Å². The molecule has 1 aromatic carbocycles. The van der Waals surface area contributed by atoms with Gasteiger partial charge in [0.25, 0.3) is 10.1 Å². The van der Waals surface area contributed by atoms with Crippen molar-refractivity contribution in [2.75, 3.05) is 59.2 Å². The molecule has 23 heteroatoms. The number of esters is 1. The number of hydrogen-bond donors (Lipinski definition) is 5. The van der Waals surface area contributed by atoms with Gasteiger partial charge in [0, 0.05) is 63.6 Å². The minimum Gasteiger partial charge on any atom is -0.477 e. The van der Waals surface area contributed by atoms with Crippen LogP contribution in [0, 0.1) is 23.7 Å². The Balaban J connectivity index is 1.07. The molecule has 2 aromatic rings. The van der Waals surface area contributed by atoms with E-state index in [1.807, 2.05) is 45.8 Å². The molecule has 7 rings (SSSR count). The molecule has 1 aromatic heterocycles. The lowest BCUT2D eigenvalue weighted by Crippen LogP contribution is -2.68. The summed E-state index contributed by atoms with van der Waals surface area (Å²) in [6, 6.07) is 5.00. The van der Waals surface area contributed by atoms with Crippen LogP contribution in [0.3, 0.4) is 0 Å². The van der Waals surface area contributed by atoms with E-state index in [-0.39, 0.29) is 60.1 Å². The number of methoxy groups -OCH3 is 1. The number of pyridine rings is 1. The predicted octanol–water partition coefficient (Wildman–Crippen LogP) is 3.14. The number of rotatable bonds is 17. The van der Waals surface area contributed by atoms with Crippen LogP contribution in [0.5, 0.6) is 0 Å². The number of aryl methyl sites for hydroxylation is 1. The third-order valence-corrected chi connectivity index (χ3v) is 18.4. The van der Waals surface area contributed by atoms with Gasteiger partial charge in [0.1, 0.15) is 29.5 Å². The number of nitrogens with one attached hydrogen (secondary N) is 1. The van der Waals surface area contributed by atoms with Gasteiger partial charge in [-0.3, -0.25) is 18.4 Å². The van der Waals surface area contributed by atoms with Crippen LogP contribution in [0.25, 0.3) is 10.9 Å². The third kappa shape index (κ3) is 13.2. The molecule has 22 nitrogen and oxygen atoms in total. The maximum absolute atomic E-state index is 14.6. The molecule has 442 valence electrons. The van der Waals surface area contributed by atoms with Crippen LogP contribution in [-0.2, 0) is 63.4 Å². The Hall–Kier alpha value is -3.40. The Bertz CT molecular complexity index is 2580. The van der Waals surface area contributed by atoms with Crippen LogP contribution in [0.1, 0.15) is 117 Å². The summed E-state index contributed by atoms with van der Waals surface area (Å²) < 4.78 is 86.3. The van der Waals surface area contributed by atoms with Gasteiger partial charge in [0.05, 0.1) is 65.0 Å². The molecule has 0 spiro atoms. The van der Waals surface area contributed by atoms with E-state index in [0.717, 1.165) is 5.56 Å². The first-order chi connectivity index (χ1) is 36.4. The number of hydrogen-bond acceptors (Lipinski definition) is 20. The molecule has 2 bridgehead atoms. The number of aromatic nitrogens is 1. The van der Waals surface area contributed by atoms with Crippen molar-refractivity contribution in [3.05, 3.63) is 45.7 Å². The molecule has 78 heavy (non-hydrogen) atoms. The van der Waals surface area contributed by atoms with Gasteiger partial charge >= 0.3 is 11.9 Å². The third-order valence-electron chi connectivity index (χ3n) is 17.2. The maximum Gasteiger partial charge on any atom is 0.341 e. The van der Waals surface area contributed by atoms with E-state index in [9.17, 15) is 43.2 Å². The first-order valence-electron chi connectivity index (χ1n) is 27.6. The van der Waals surface area contributed by atoms with Gasteiger partial charge in [-0.2, -0.15) is 8.42 Å². The topological polar surface area (TPSA) is 273 Å². The van der Waals surface area contributed by atoms with Crippen LogP contribution < -0.4 is 15.8 Å². The van der Waals surface area contributed by atoms with Gasteiger partial charge in [0.15, 0.2) is 18.9 Å². The fourth-order valence-corrected chi connectivity index (χ4v) is 14.0. The summed E-state index contributed by atoms with van der Waals surface area (Å²) in [6.45, 7) is 16.5. The largest absolute Gasteiger partial charge is 0.477 e. The second kappa shape index (κ2) is 24.6. The summed E-state index contributed by atoms with van der Waals surface area (Å²) in [4.78, 5) is 41.4. The molecule has 20 atom stereocenters. The first kappa shape index (κ1) is 62.2. The minimum absolute atomic E-state index is 0.0573. The Morgan fingerprint density at radius 2 is 1.63 bits per heavy atom. The number of carbonyl (C=O) groups excluding carboxylic acids is 1. The van der Waals surface area contributed by atoms with Crippen molar-refractivity contribution in [2.24, 2.45) is 23.7 Å². The number of ether oxygens (including phenoxy) is 8. The zero-order valence-corrected chi connectivity index (χ0v) is 48.8. The number of aliphatic hydroxyl groups is 3. The molecule has 4 aliphatic heterocycles. The molecular weight excluding hydrogens is 1040 g/mol. The summed E-state index contributed by atoms with van der Waals surface area (Å²) in [5.41, 5.74) is -4.05. The van der Waals surface area contributed by atoms with Crippen LogP contribution in [-0.4, -0.2) is 201 Å². The minimum atomic E-state index is -4.19. The zero-order valence-electron chi connectivity index (χ0n) is 47.9. The monoisotopic (exact) mass is 1120 g/mol. The normalized spacial score (nSPS) is 39.9. The lowest BCUT2D eigenvalue weighted by Gasteiger charge is -2.55. The summed E-state index contributed by atoms with van der Waals surface area (Å²) in [5.74, 6) is -5.02. The number of carboxylic acid groups (broad SMARTS) is 1. The van der Waals surface area contributed by atoms with Crippen molar-refractivity contribution < 1.29 is 80.5 Å². The van der Waals surface area contributed by atoms with E-state index in [0.29, 0.717) is 44.2 Å². The lowest BCUT2D eigenvalue weighted by atomic mass is 9.66. The van der Waals surface area contributed by atoms with Gasteiger partial charge in [0.2, 0.25) is 5.43 Å². The second-order valence-corrected chi connectivity index (χ2v) is 25.5. The molecule has 5 fully saturated rings. The first-order valence-corrected chi connectivity index (χ1v) is 29.2. The molecule has 0 amide bonds. The maximum atomic E-state index is 14.6. The number of aromatic carboxylic acids is 1. The number of fused-ring (bicyclic) bond motifs is 5. The molecule has 5 aliphatic rings. The zero-order chi connectivity index (χ0) is 57.6. The summed E-state index contributed by atoms with van der Waals surface area (Å²) in [6.07, 6.45) is -7.27. The quantitative estimate of drug-likeness (QED) is 0.0865. The van der Waals surface area contributed by atoms with Crippen molar-refractivity contribution in [1.29, 1.82) is 0 Å². The SMILES string of the molecule is CO[C@]1(C)C[C@H](O[C@H]2[C@H](C)[C@@H](O[C@@H]3O[C@H](C)C[C@H](N(C)C)[C@H]3O)[C@](C)(O)C[C@@H](C)[C@@H]3O[C@H](C)O[C@H]([C@H]3C)[C@@]3(O)CC[C@H]3OC(=O)[C@@H]2C)O[C@@H](C)[C@@H]1OS(=O)(=O)CCNCCCc1ccc2c(c1)c(=O)c(C(=O)O)cn2N(C)C. The highest BCUT2D eigenvalue weighted by atomic mass is 32.2. The van der Waals surface area contributed by atoms with Crippen molar-refractivity contribution in [3.63, 3.8) is 0 Å². The Morgan fingerprint density at radius 3 is 2.26 bits per heavy atom. The van der Waals surface area contributed by atoms with Gasteiger partial charge in [-0.05, 0) is 124 Å². The number of carbonyl (C=O) groups is 2. The van der Waals surface area contributed by atoms with E-state index < -0.39 is 124 Å². The molecule has 5 heterocycles. The highest BCUT2D eigenvalue weighted by molar-refractivity contribution is 7.86. The van der Waals surface area contributed by atoms with Gasteiger partial charge in [-0.1, -0.05) is 26.8 Å². The predicted molar refractivity (Wildman–Crippen MR) is 287 cm³/mol. The highest BCUT2D eigenvalue weighted by Crippen LogP contribution is 2.48. The average molecular weight is 1130 g/mol. The average Bonchev–Trinajstić information content (AvgIpc) is 3.46. The van der Waals surface area contributed by atoms with Gasteiger partial charge < -0.3 is 73.5 Å². The molecule has 1 saturated carbocycles. The summed E-state index contributed by atoms with van der Waals surface area (Å²) in [7, 11) is 4.46. The Morgan fingerprint density at radius 1 is 0.923 bits per heavy atom. The molecule has 0 unspecified atom stereocenters. The van der Waals surface area contributed by atoms with Crippen molar-refractivity contribution in [1.82, 2.24) is 14.9 Å². The smallest absolute Gasteiger partial charge is 0.341 e. The Kier molecular flexibility index (Phi) is 19.6. The summed E-state index contributed by atoms with van der Waals surface area (Å²) in [5, 5.41) is 51.7. The van der Waals surface area contributed by atoms with E-state index in [1.165, 1.54) is 13.3 Å². The van der Waals surface area contributed by atoms with E-state index in [1.54, 1.807) is 77.5 Å². The van der Waals surface area contributed by atoms with E-state index >= 15 is 0 Å². The summed E-state index contributed by atoms with van der Waals surface area (Å²) >= 11 is 0. The van der Waals surface area contributed by atoms with Crippen LogP contribution in [0.2, 0.25) is 0 Å². The van der Waals surface area contributed by atoms with Gasteiger partial charge in [-0.25, -0.2) is 4.79 Å². The standard InChI is InChI=1S/C55H88N4O18S/c1-29-26-53(8,65)47(76-52-44(61)40(57(10)11)24-30(2)70-52)32(4)46(33(5)51(64)74-41-19-20-55(41,66)48-31(3)45(29)72-35(7)73-48)75-42-27-54(9,69-14)49(34(6)71-42)77-78(67,68)23-22-56-21-15-16-36-17-18-39-37(25-36)43(60)38(50(62)63)28-59(39)58(12)13/h17-18,25,28-35,40-42,44-49,52,56,61,65-66H,15-16,19-24,26-27H2,1-14H3,(H,62,63)/t29-,30-,31+,32+,33-,34+,35+,40+,41-,42+,44-,45+,46+,47-,48-,49+,52+,53-,54-,55-/m1/s1. The van der Waals surface area contributed by atoms with Crippen LogP contribution in [0.15, 0.2) is 29.2 Å². The van der Waals surface area contributed by atoms with Crippen LogP contribution in [0.4, 0.5) is 0 Å². The fraction of sp³-hybridized carbons (Fsp3) is 0.800. The molecule has 5 N–H and O–H groups in total. The second-order valence-electron chi connectivity index (χ2n) is 23.8. The number of aliphatic hydroxyl groups excluding tert-OH is 1. The van der Waals surface area contributed by atoms with Crippen molar-refractivity contribution in [2.45, 2.75) is 204 Å². The number of carboxylic acids is 1. The van der Waals surface area contributed by atoms with Gasteiger partial charge in [-0.15, -0.1) is 0 Å². The van der Waals surface area contributed by atoms with Crippen molar-refractivity contribution in [3.8, 4) is 0 Å². The molecule has 4 saturated heterocycles. The molecular formula is C55H88N4O18S. The number of benzene rings is 1. The number of nitrogens with zero attached hydrogens (tertiary/aromatic N) is 3.